The van der Waals surface area contributed by atoms with Crippen LogP contribution in [0.25, 0.3) is 0 Å². The Labute approximate surface area is 73.8 Å². The third-order valence-electron chi connectivity index (χ3n) is 0.964. The molecule has 0 aliphatic rings. The second kappa shape index (κ2) is 5.46. The van der Waals surface area contributed by atoms with Gasteiger partial charge in [0.1, 0.15) is 0 Å². The molecule has 1 rings (SSSR count). The molecule has 0 bridgehead atoms. The number of pyridine rings is 1. The maximum atomic E-state index is 8.49. The molecule has 0 fully saturated rings. The molecule has 1 N–H and O–H groups in total. The fourth-order valence-corrected chi connectivity index (χ4v) is 2.25. The van der Waals surface area contributed by atoms with Crippen molar-refractivity contribution in [2.75, 3.05) is 12.4 Å². The van der Waals surface area contributed by atoms with Gasteiger partial charge in [0.2, 0.25) is 0 Å². The highest BCUT2D eigenvalue weighted by atomic mass is 33.1. The number of hydrogen-bond acceptors (Lipinski definition) is 4. The van der Waals surface area contributed by atoms with Crippen molar-refractivity contribution < 1.29 is 5.11 Å². The van der Waals surface area contributed by atoms with Crippen LogP contribution in [0.1, 0.15) is 0 Å². The Bertz CT molecular complexity index is 193. The van der Waals surface area contributed by atoms with E-state index in [1.165, 1.54) is 0 Å². The molecule has 0 aromatic carbocycles. The molecule has 0 spiro atoms. The van der Waals surface area contributed by atoms with Crippen molar-refractivity contribution >= 4 is 21.6 Å². The molecule has 0 radical (unpaired) electrons. The summed E-state index contributed by atoms with van der Waals surface area (Å²) in [5, 5.41) is 8.49. The first-order chi connectivity index (χ1) is 5.43. The largest absolute Gasteiger partial charge is 0.395 e. The van der Waals surface area contributed by atoms with E-state index in [2.05, 4.69) is 4.98 Å². The lowest BCUT2D eigenvalue weighted by Crippen LogP contribution is -1.81. The maximum absolute atomic E-state index is 8.49. The van der Waals surface area contributed by atoms with Crippen molar-refractivity contribution in [2.45, 2.75) is 4.90 Å². The summed E-state index contributed by atoms with van der Waals surface area (Å²) in [7, 11) is 3.27. The summed E-state index contributed by atoms with van der Waals surface area (Å²) in [6.45, 7) is 0.234. The van der Waals surface area contributed by atoms with Crippen LogP contribution in [-0.4, -0.2) is 22.5 Å². The smallest absolute Gasteiger partial charge is 0.0530 e. The van der Waals surface area contributed by atoms with Crippen LogP contribution in [0.4, 0.5) is 0 Å². The molecule has 0 amide bonds. The van der Waals surface area contributed by atoms with Crippen molar-refractivity contribution in [1.29, 1.82) is 0 Å². The fraction of sp³-hybridized carbons (Fsp3) is 0.286. The Morgan fingerprint density at radius 3 is 3.09 bits per heavy atom. The van der Waals surface area contributed by atoms with Gasteiger partial charge in [-0.3, -0.25) is 4.98 Å². The van der Waals surface area contributed by atoms with E-state index in [4.69, 9.17) is 5.11 Å². The maximum Gasteiger partial charge on any atom is 0.0530 e. The van der Waals surface area contributed by atoms with Crippen LogP contribution in [0.2, 0.25) is 0 Å². The van der Waals surface area contributed by atoms with E-state index in [1.807, 2.05) is 18.3 Å². The van der Waals surface area contributed by atoms with Gasteiger partial charge in [0.05, 0.1) is 6.61 Å². The van der Waals surface area contributed by atoms with Crippen molar-refractivity contribution in [2.24, 2.45) is 0 Å². The average molecular weight is 187 g/mol. The number of hydrogen-bond donors (Lipinski definition) is 1. The third-order valence-corrected chi connectivity index (χ3v) is 3.30. The van der Waals surface area contributed by atoms with Crippen LogP contribution >= 0.6 is 21.6 Å². The molecule has 11 heavy (non-hydrogen) atoms. The van der Waals surface area contributed by atoms with E-state index >= 15 is 0 Å². The molecule has 1 aromatic rings. The Balaban J connectivity index is 2.28. The Morgan fingerprint density at radius 2 is 2.45 bits per heavy atom. The summed E-state index contributed by atoms with van der Waals surface area (Å²) in [6, 6.07) is 3.91. The highest BCUT2D eigenvalue weighted by molar-refractivity contribution is 8.76. The summed E-state index contributed by atoms with van der Waals surface area (Å²) < 4.78 is 0. The van der Waals surface area contributed by atoms with Crippen LogP contribution in [0, 0.1) is 0 Å². The van der Waals surface area contributed by atoms with E-state index in [-0.39, 0.29) is 6.61 Å². The van der Waals surface area contributed by atoms with Gasteiger partial charge in [0.25, 0.3) is 0 Å². The van der Waals surface area contributed by atoms with Crippen molar-refractivity contribution in [3.63, 3.8) is 0 Å². The van der Waals surface area contributed by atoms with E-state index in [9.17, 15) is 0 Å². The summed E-state index contributed by atoms with van der Waals surface area (Å²) >= 11 is 0. The van der Waals surface area contributed by atoms with Gasteiger partial charge in [0, 0.05) is 23.0 Å². The zero-order valence-corrected chi connectivity index (χ0v) is 7.57. The average Bonchev–Trinajstić information content (AvgIpc) is 2.07. The molecule has 2 nitrogen and oxygen atoms in total. The quantitative estimate of drug-likeness (QED) is 0.575. The standard InChI is InChI=1S/C7H9NOS2/c9-4-5-10-11-7-2-1-3-8-6-7/h1-3,6,9H,4-5H2. The van der Waals surface area contributed by atoms with Crippen LogP contribution < -0.4 is 0 Å². The van der Waals surface area contributed by atoms with Gasteiger partial charge in [-0.05, 0) is 12.1 Å². The van der Waals surface area contributed by atoms with Crippen LogP contribution in [0.15, 0.2) is 29.4 Å². The lowest BCUT2D eigenvalue weighted by molar-refractivity contribution is 0.323. The number of aliphatic hydroxyl groups is 1. The molecule has 0 unspecified atom stereocenters. The Morgan fingerprint density at radius 1 is 1.55 bits per heavy atom. The van der Waals surface area contributed by atoms with Gasteiger partial charge < -0.3 is 5.11 Å². The van der Waals surface area contributed by atoms with Gasteiger partial charge in [-0.2, -0.15) is 0 Å². The molecule has 0 saturated carbocycles. The summed E-state index contributed by atoms with van der Waals surface area (Å²) in [4.78, 5) is 5.10. The van der Waals surface area contributed by atoms with Gasteiger partial charge in [-0.1, -0.05) is 21.6 Å². The minimum absolute atomic E-state index is 0.234. The van der Waals surface area contributed by atoms with Gasteiger partial charge in [-0.25, -0.2) is 0 Å². The first kappa shape index (κ1) is 8.90. The lowest BCUT2D eigenvalue weighted by atomic mass is 10.5. The zero-order valence-electron chi connectivity index (χ0n) is 5.93. The third kappa shape index (κ3) is 3.65. The number of aliphatic hydroxyl groups excluding tert-OH is 1. The van der Waals surface area contributed by atoms with Gasteiger partial charge >= 0.3 is 0 Å². The molecule has 1 aromatic heterocycles. The monoisotopic (exact) mass is 187 g/mol. The first-order valence-electron chi connectivity index (χ1n) is 3.24. The van der Waals surface area contributed by atoms with Crippen molar-refractivity contribution in [3.8, 4) is 0 Å². The topological polar surface area (TPSA) is 33.1 Å². The second-order valence-corrected chi connectivity index (χ2v) is 4.31. The summed E-state index contributed by atoms with van der Waals surface area (Å²) in [6.07, 6.45) is 3.57. The number of rotatable bonds is 4. The van der Waals surface area contributed by atoms with Gasteiger partial charge in [0.15, 0.2) is 0 Å². The Hall–Kier alpha value is -0.190. The van der Waals surface area contributed by atoms with E-state index in [1.54, 1.807) is 27.8 Å². The number of nitrogens with zero attached hydrogens (tertiary/aromatic N) is 1. The molecule has 4 heteroatoms. The van der Waals surface area contributed by atoms with Crippen LogP contribution in [0.3, 0.4) is 0 Å². The van der Waals surface area contributed by atoms with Gasteiger partial charge in [-0.15, -0.1) is 0 Å². The first-order valence-corrected chi connectivity index (χ1v) is 5.56. The lowest BCUT2D eigenvalue weighted by Gasteiger charge is -1.96. The molecule has 0 aliphatic heterocycles. The molecule has 1 heterocycles. The summed E-state index contributed by atoms with van der Waals surface area (Å²) in [5.74, 6) is 0.763. The van der Waals surface area contributed by atoms with Crippen LogP contribution in [-0.2, 0) is 0 Å². The molecular weight excluding hydrogens is 178 g/mol. The number of aromatic nitrogens is 1. The minimum Gasteiger partial charge on any atom is -0.395 e. The van der Waals surface area contributed by atoms with E-state index < -0.39 is 0 Å². The SMILES string of the molecule is OCCSSc1cccnc1. The molecule has 0 aliphatic carbocycles. The predicted octanol–water partition coefficient (Wildman–Crippen LogP) is 1.81. The normalized spacial score (nSPS) is 9.91. The Kier molecular flexibility index (Phi) is 4.42. The van der Waals surface area contributed by atoms with Crippen molar-refractivity contribution in [1.82, 2.24) is 4.98 Å². The predicted molar refractivity (Wildman–Crippen MR) is 49.6 cm³/mol. The van der Waals surface area contributed by atoms with E-state index in [0.717, 1.165) is 10.6 Å². The molecular formula is C7H9NOS2. The highest BCUT2D eigenvalue weighted by Crippen LogP contribution is 2.29. The fourth-order valence-electron chi connectivity index (χ4n) is 0.543. The molecule has 0 saturated heterocycles. The molecule has 0 atom stereocenters. The van der Waals surface area contributed by atoms with Crippen LogP contribution in [0.5, 0.6) is 0 Å². The van der Waals surface area contributed by atoms with Crippen molar-refractivity contribution in [3.05, 3.63) is 24.5 Å². The van der Waals surface area contributed by atoms with E-state index in [0.29, 0.717) is 0 Å². The summed E-state index contributed by atoms with van der Waals surface area (Å²) in [5.41, 5.74) is 0. The second-order valence-electron chi connectivity index (χ2n) is 1.82. The zero-order chi connectivity index (χ0) is 7.94. The molecule has 60 valence electrons. The highest BCUT2D eigenvalue weighted by Gasteiger charge is 1.91. The minimum atomic E-state index is 0.234.